The van der Waals surface area contributed by atoms with Gasteiger partial charge in [0.05, 0.1) is 6.54 Å². The van der Waals surface area contributed by atoms with Gasteiger partial charge in [0, 0.05) is 25.7 Å². The molecule has 19 heavy (non-hydrogen) atoms. The lowest BCUT2D eigenvalue weighted by atomic mass is 10.2. The molecule has 1 amide bonds. The lowest BCUT2D eigenvalue weighted by molar-refractivity contribution is -0.132. The van der Waals surface area contributed by atoms with Gasteiger partial charge in [0.25, 0.3) is 0 Å². The van der Waals surface area contributed by atoms with Crippen molar-refractivity contribution >= 4 is 5.91 Å². The molecule has 1 N–H and O–H groups in total. The van der Waals surface area contributed by atoms with Gasteiger partial charge in [0.15, 0.2) is 0 Å². The number of rotatable bonds is 5. The number of nitrogens with zero attached hydrogens (tertiary/aromatic N) is 2. The van der Waals surface area contributed by atoms with E-state index in [-0.39, 0.29) is 0 Å². The van der Waals surface area contributed by atoms with Gasteiger partial charge in [-0.3, -0.25) is 9.69 Å². The van der Waals surface area contributed by atoms with Crippen LogP contribution in [0.1, 0.15) is 45.4 Å². The van der Waals surface area contributed by atoms with Crippen LogP contribution in [-0.2, 0) is 4.79 Å². The number of nitrogens with one attached hydrogen (secondary N) is 1. The summed E-state index contributed by atoms with van der Waals surface area (Å²) < 4.78 is 0. The number of hydrogen-bond acceptors (Lipinski definition) is 3. The molecule has 2 saturated heterocycles. The first-order valence-electron chi connectivity index (χ1n) is 8.03. The van der Waals surface area contributed by atoms with E-state index in [1.807, 2.05) is 0 Å². The number of likely N-dealkylation sites (tertiary alicyclic amines) is 1. The Morgan fingerprint density at radius 1 is 1.21 bits per heavy atom. The van der Waals surface area contributed by atoms with E-state index in [1.54, 1.807) is 0 Å². The fourth-order valence-electron chi connectivity index (χ4n) is 3.14. The first-order chi connectivity index (χ1) is 9.29. The molecule has 0 bridgehead atoms. The number of carbonyl (C=O) groups excluding carboxylic acids is 1. The monoisotopic (exact) mass is 267 g/mol. The summed E-state index contributed by atoms with van der Waals surface area (Å²) in [7, 11) is 0. The largest absolute Gasteiger partial charge is 0.342 e. The van der Waals surface area contributed by atoms with Gasteiger partial charge in [0.2, 0.25) is 5.91 Å². The van der Waals surface area contributed by atoms with Gasteiger partial charge < -0.3 is 10.2 Å². The van der Waals surface area contributed by atoms with Crippen LogP contribution < -0.4 is 5.32 Å². The van der Waals surface area contributed by atoms with E-state index in [1.165, 1.54) is 38.5 Å². The first kappa shape index (κ1) is 14.8. The summed E-state index contributed by atoms with van der Waals surface area (Å²) in [4.78, 5) is 16.7. The minimum atomic E-state index is 0.335. The van der Waals surface area contributed by atoms with Crippen LogP contribution in [0.2, 0.25) is 0 Å². The maximum absolute atomic E-state index is 12.4. The van der Waals surface area contributed by atoms with E-state index in [0.29, 0.717) is 18.5 Å². The molecule has 0 aromatic rings. The van der Waals surface area contributed by atoms with Crippen LogP contribution in [0.4, 0.5) is 0 Å². The third-order valence-corrected chi connectivity index (χ3v) is 4.41. The molecule has 0 aromatic carbocycles. The van der Waals surface area contributed by atoms with Crippen molar-refractivity contribution in [2.45, 2.75) is 51.5 Å². The minimum absolute atomic E-state index is 0.335. The zero-order valence-corrected chi connectivity index (χ0v) is 12.4. The van der Waals surface area contributed by atoms with Crippen molar-refractivity contribution in [2.24, 2.45) is 0 Å². The van der Waals surface area contributed by atoms with E-state index in [0.717, 1.165) is 32.7 Å². The van der Waals surface area contributed by atoms with Crippen LogP contribution in [0.25, 0.3) is 0 Å². The molecular formula is C15H29N3O. The fourth-order valence-corrected chi connectivity index (χ4v) is 3.14. The van der Waals surface area contributed by atoms with Crippen molar-refractivity contribution in [2.75, 3.05) is 39.3 Å². The van der Waals surface area contributed by atoms with E-state index in [4.69, 9.17) is 0 Å². The summed E-state index contributed by atoms with van der Waals surface area (Å²) in [5.74, 6) is 0.335. The SMILES string of the molecule is CCN(CC(=O)N1CCCCCC1)CC1CCCN1. The second-order valence-electron chi connectivity index (χ2n) is 5.92. The average Bonchev–Trinajstić information content (AvgIpc) is 2.77. The number of likely N-dealkylation sites (N-methyl/N-ethyl adjacent to an activating group) is 1. The summed E-state index contributed by atoms with van der Waals surface area (Å²) in [6, 6.07) is 0.594. The zero-order valence-electron chi connectivity index (χ0n) is 12.4. The maximum Gasteiger partial charge on any atom is 0.236 e. The predicted molar refractivity (Wildman–Crippen MR) is 78.2 cm³/mol. The summed E-state index contributed by atoms with van der Waals surface area (Å²) in [6.45, 7) is 7.84. The average molecular weight is 267 g/mol. The molecule has 0 radical (unpaired) electrons. The molecule has 0 spiro atoms. The van der Waals surface area contributed by atoms with Gasteiger partial charge in [-0.2, -0.15) is 0 Å². The Balaban J connectivity index is 1.77. The zero-order chi connectivity index (χ0) is 13.5. The molecule has 0 aliphatic carbocycles. The van der Waals surface area contributed by atoms with E-state index >= 15 is 0 Å². The van der Waals surface area contributed by atoms with Crippen molar-refractivity contribution in [3.05, 3.63) is 0 Å². The van der Waals surface area contributed by atoms with Crippen LogP contribution in [0.5, 0.6) is 0 Å². The molecule has 1 unspecified atom stereocenters. The van der Waals surface area contributed by atoms with Gasteiger partial charge in [-0.1, -0.05) is 19.8 Å². The minimum Gasteiger partial charge on any atom is -0.342 e. The van der Waals surface area contributed by atoms with E-state index in [2.05, 4.69) is 22.0 Å². The second kappa shape index (κ2) is 7.85. The molecule has 2 heterocycles. The summed E-state index contributed by atoms with van der Waals surface area (Å²) in [5.41, 5.74) is 0. The molecule has 0 aromatic heterocycles. The van der Waals surface area contributed by atoms with Crippen LogP contribution in [0.15, 0.2) is 0 Å². The topological polar surface area (TPSA) is 35.6 Å². The highest BCUT2D eigenvalue weighted by molar-refractivity contribution is 5.78. The molecule has 1 atom stereocenters. The maximum atomic E-state index is 12.4. The van der Waals surface area contributed by atoms with E-state index < -0.39 is 0 Å². The lowest BCUT2D eigenvalue weighted by Gasteiger charge is -2.27. The first-order valence-corrected chi connectivity index (χ1v) is 8.03. The molecule has 4 nitrogen and oxygen atoms in total. The van der Waals surface area contributed by atoms with Crippen molar-refractivity contribution in [3.8, 4) is 0 Å². The quantitative estimate of drug-likeness (QED) is 0.819. The molecule has 0 saturated carbocycles. The second-order valence-corrected chi connectivity index (χ2v) is 5.92. The Morgan fingerprint density at radius 3 is 2.53 bits per heavy atom. The highest BCUT2D eigenvalue weighted by Gasteiger charge is 2.21. The number of hydrogen-bond donors (Lipinski definition) is 1. The highest BCUT2D eigenvalue weighted by atomic mass is 16.2. The molecule has 4 heteroatoms. The highest BCUT2D eigenvalue weighted by Crippen LogP contribution is 2.11. The number of carbonyl (C=O) groups is 1. The Labute approximate surface area is 117 Å². The molecule has 2 rings (SSSR count). The third-order valence-electron chi connectivity index (χ3n) is 4.41. The van der Waals surface area contributed by atoms with Crippen molar-refractivity contribution in [1.82, 2.24) is 15.1 Å². The fraction of sp³-hybridized carbons (Fsp3) is 0.933. The van der Waals surface area contributed by atoms with Gasteiger partial charge in [-0.15, -0.1) is 0 Å². The Kier molecular flexibility index (Phi) is 6.11. The van der Waals surface area contributed by atoms with Crippen molar-refractivity contribution in [1.29, 1.82) is 0 Å². The summed E-state index contributed by atoms with van der Waals surface area (Å²) in [5, 5.41) is 3.52. The lowest BCUT2D eigenvalue weighted by Crippen LogP contribution is -2.44. The van der Waals surface area contributed by atoms with Gasteiger partial charge in [-0.25, -0.2) is 0 Å². The Bertz CT molecular complexity index is 269. The molecule has 2 fully saturated rings. The third kappa shape index (κ3) is 4.77. The van der Waals surface area contributed by atoms with Gasteiger partial charge >= 0.3 is 0 Å². The van der Waals surface area contributed by atoms with Crippen LogP contribution >= 0.6 is 0 Å². The van der Waals surface area contributed by atoms with Crippen molar-refractivity contribution < 1.29 is 4.79 Å². The van der Waals surface area contributed by atoms with Crippen LogP contribution in [-0.4, -0.2) is 61.0 Å². The molecule has 110 valence electrons. The predicted octanol–water partition coefficient (Wildman–Crippen LogP) is 1.46. The number of amides is 1. The van der Waals surface area contributed by atoms with Gasteiger partial charge in [-0.05, 0) is 38.8 Å². The van der Waals surface area contributed by atoms with E-state index in [9.17, 15) is 4.79 Å². The normalized spacial score (nSPS) is 24.7. The smallest absolute Gasteiger partial charge is 0.236 e. The van der Waals surface area contributed by atoms with Crippen LogP contribution in [0, 0.1) is 0 Å². The molecule has 2 aliphatic rings. The standard InChI is InChI=1S/C15H29N3O/c1-2-17(12-14-8-7-9-16-14)13-15(19)18-10-5-3-4-6-11-18/h14,16H,2-13H2,1H3. The molecule has 2 aliphatic heterocycles. The Hall–Kier alpha value is -0.610. The summed E-state index contributed by atoms with van der Waals surface area (Å²) >= 11 is 0. The van der Waals surface area contributed by atoms with Gasteiger partial charge in [0.1, 0.15) is 0 Å². The Morgan fingerprint density at radius 2 is 1.95 bits per heavy atom. The molecular weight excluding hydrogens is 238 g/mol. The summed E-state index contributed by atoms with van der Waals surface area (Å²) in [6.07, 6.45) is 7.47. The van der Waals surface area contributed by atoms with Crippen LogP contribution in [0.3, 0.4) is 0 Å². The van der Waals surface area contributed by atoms with Crippen molar-refractivity contribution in [3.63, 3.8) is 0 Å².